The maximum Gasteiger partial charge on any atom is 0.484 e. The van der Waals surface area contributed by atoms with E-state index < -0.39 is 6.30 Å². The van der Waals surface area contributed by atoms with Gasteiger partial charge in [0, 0.05) is 12.7 Å². The molecule has 6 heteroatoms. The minimum atomic E-state index is -4.40. The molecule has 1 amide bonds. The molecule has 0 spiro atoms. The predicted molar refractivity (Wildman–Crippen MR) is 39.2 cm³/mol. The van der Waals surface area contributed by atoms with Gasteiger partial charge in [0.05, 0.1) is 5.70 Å². The molecule has 1 aliphatic rings. The molecule has 3 nitrogen and oxygen atoms in total. The Morgan fingerprint density at radius 1 is 1.54 bits per heavy atom. The fourth-order valence-corrected chi connectivity index (χ4v) is 0.887. The van der Waals surface area contributed by atoms with E-state index in [2.05, 4.69) is 5.32 Å². The lowest BCUT2D eigenvalue weighted by Gasteiger charge is -2.24. The number of hydrogen-bond donors (Lipinski definition) is 1. The van der Waals surface area contributed by atoms with Gasteiger partial charge in [-0.1, -0.05) is 6.08 Å². The van der Waals surface area contributed by atoms with E-state index in [9.17, 15) is 18.0 Å². The summed E-state index contributed by atoms with van der Waals surface area (Å²) in [6.07, 6.45) is -0.499. The molecule has 0 unspecified atom stereocenters. The van der Waals surface area contributed by atoms with E-state index in [4.69, 9.17) is 0 Å². The Morgan fingerprint density at radius 3 is 2.77 bits per heavy atom. The first-order valence-corrected chi connectivity index (χ1v) is 3.46. The molecule has 1 N–H and O–H groups in total. The molecule has 0 bridgehead atoms. The summed E-state index contributed by atoms with van der Waals surface area (Å²) in [6.45, 7) is -0.229. The van der Waals surface area contributed by atoms with Crippen molar-refractivity contribution >= 4 is 6.41 Å². The molecular formula is C7H7F3N2O. The van der Waals surface area contributed by atoms with Gasteiger partial charge in [-0.05, 0) is 6.08 Å². The Balaban J connectivity index is 2.72. The standard InChI is InChI=1S/C7H7F3N2O/c8-7(9,10)12-3-1-2-6(4-12)11-5-13/h1-2,4-5H,3H2,(H,11,13). The lowest BCUT2D eigenvalue weighted by molar-refractivity contribution is -0.224. The number of amides is 1. The summed E-state index contributed by atoms with van der Waals surface area (Å²) in [5.74, 6) is 0. The van der Waals surface area contributed by atoms with Gasteiger partial charge in [-0.25, -0.2) is 0 Å². The Labute approximate surface area is 72.5 Å². The predicted octanol–water partition coefficient (Wildman–Crippen LogP) is 0.965. The number of nitrogens with zero attached hydrogens (tertiary/aromatic N) is 1. The molecule has 0 saturated carbocycles. The van der Waals surface area contributed by atoms with Gasteiger partial charge < -0.3 is 5.32 Å². The van der Waals surface area contributed by atoms with Gasteiger partial charge in [-0.15, -0.1) is 0 Å². The highest BCUT2D eigenvalue weighted by Gasteiger charge is 2.35. The molecule has 0 atom stereocenters. The molecule has 0 aliphatic carbocycles. The molecule has 13 heavy (non-hydrogen) atoms. The summed E-state index contributed by atoms with van der Waals surface area (Å²) < 4.78 is 36.3. The summed E-state index contributed by atoms with van der Waals surface area (Å²) in [5.41, 5.74) is 0.124. The summed E-state index contributed by atoms with van der Waals surface area (Å²) in [5, 5.41) is 2.14. The van der Waals surface area contributed by atoms with Crippen LogP contribution in [0.4, 0.5) is 13.2 Å². The van der Waals surface area contributed by atoms with Crippen LogP contribution < -0.4 is 5.32 Å². The van der Waals surface area contributed by atoms with Gasteiger partial charge in [0.2, 0.25) is 6.41 Å². The lowest BCUT2D eigenvalue weighted by atomic mass is 10.3. The number of carbonyl (C=O) groups is 1. The van der Waals surface area contributed by atoms with Crippen LogP contribution in [-0.2, 0) is 4.79 Å². The van der Waals surface area contributed by atoms with Crippen LogP contribution in [0.15, 0.2) is 24.0 Å². The normalized spacial score (nSPS) is 16.8. The smallest absolute Gasteiger partial charge is 0.327 e. The molecular weight excluding hydrogens is 185 g/mol. The van der Waals surface area contributed by atoms with Gasteiger partial charge in [-0.3, -0.25) is 9.69 Å². The fraction of sp³-hybridized carbons (Fsp3) is 0.286. The van der Waals surface area contributed by atoms with Crippen LogP contribution in [0.1, 0.15) is 0 Å². The van der Waals surface area contributed by atoms with Gasteiger partial charge in [-0.2, -0.15) is 13.2 Å². The first kappa shape index (κ1) is 9.63. The van der Waals surface area contributed by atoms with Gasteiger partial charge in [0.25, 0.3) is 0 Å². The molecule has 0 aromatic rings. The van der Waals surface area contributed by atoms with E-state index >= 15 is 0 Å². The van der Waals surface area contributed by atoms with E-state index in [1.165, 1.54) is 12.2 Å². The number of allylic oxidation sites excluding steroid dienone is 1. The zero-order valence-corrected chi connectivity index (χ0v) is 6.51. The number of halogens is 3. The van der Waals surface area contributed by atoms with E-state index in [0.717, 1.165) is 6.20 Å². The van der Waals surface area contributed by atoms with E-state index in [1.807, 2.05) is 0 Å². The second-order valence-electron chi connectivity index (χ2n) is 2.37. The van der Waals surface area contributed by atoms with Crippen LogP contribution in [0, 0.1) is 0 Å². The lowest BCUT2D eigenvalue weighted by Crippen LogP contribution is -2.36. The van der Waals surface area contributed by atoms with Crippen molar-refractivity contribution in [3.05, 3.63) is 24.0 Å². The van der Waals surface area contributed by atoms with E-state index in [1.54, 1.807) is 0 Å². The molecule has 0 fully saturated rings. The number of carbonyl (C=O) groups excluding carboxylic acids is 1. The van der Waals surface area contributed by atoms with Crippen molar-refractivity contribution < 1.29 is 18.0 Å². The van der Waals surface area contributed by atoms with Crippen LogP contribution in [0.25, 0.3) is 0 Å². The molecule has 1 rings (SSSR count). The summed E-state index contributed by atoms with van der Waals surface area (Å²) in [6, 6.07) is 0. The van der Waals surface area contributed by atoms with Crippen molar-refractivity contribution in [2.75, 3.05) is 6.54 Å². The summed E-state index contributed by atoms with van der Waals surface area (Å²) in [7, 11) is 0. The van der Waals surface area contributed by atoms with Crippen molar-refractivity contribution in [2.45, 2.75) is 6.30 Å². The first-order valence-electron chi connectivity index (χ1n) is 3.46. The average Bonchev–Trinajstić information content (AvgIpc) is 2.04. The fourth-order valence-electron chi connectivity index (χ4n) is 0.887. The topological polar surface area (TPSA) is 32.3 Å². The molecule has 0 radical (unpaired) electrons. The van der Waals surface area contributed by atoms with Crippen molar-refractivity contribution in [1.29, 1.82) is 0 Å². The molecule has 0 saturated heterocycles. The zero-order valence-electron chi connectivity index (χ0n) is 6.51. The number of alkyl halides is 3. The molecule has 72 valence electrons. The third kappa shape index (κ3) is 2.50. The Bertz CT molecular complexity index is 257. The van der Waals surface area contributed by atoms with Crippen molar-refractivity contribution in [1.82, 2.24) is 10.2 Å². The largest absolute Gasteiger partial charge is 0.484 e. The van der Waals surface area contributed by atoms with E-state index in [-0.39, 0.29) is 17.1 Å². The molecule has 1 heterocycles. The summed E-state index contributed by atoms with van der Waals surface area (Å²) >= 11 is 0. The van der Waals surface area contributed by atoms with Gasteiger partial charge in [0.1, 0.15) is 0 Å². The third-order valence-corrected chi connectivity index (χ3v) is 1.45. The minimum absolute atomic E-state index is 0.124. The maximum atomic E-state index is 12.1. The zero-order chi connectivity index (χ0) is 9.90. The molecule has 0 aromatic heterocycles. The van der Waals surface area contributed by atoms with Crippen molar-refractivity contribution in [3.63, 3.8) is 0 Å². The van der Waals surface area contributed by atoms with Crippen LogP contribution >= 0.6 is 0 Å². The average molecular weight is 192 g/mol. The second kappa shape index (κ2) is 3.51. The summed E-state index contributed by atoms with van der Waals surface area (Å²) in [4.78, 5) is 10.1. The number of rotatable bonds is 2. The van der Waals surface area contributed by atoms with Crippen LogP contribution in [0.3, 0.4) is 0 Å². The monoisotopic (exact) mass is 192 g/mol. The van der Waals surface area contributed by atoms with Gasteiger partial charge >= 0.3 is 6.30 Å². The second-order valence-corrected chi connectivity index (χ2v) is 2.37. The van der Waals surface area contributed by atoms with Crippen LogP contribution in [0.5, 0.6) is 0 Å². The number of hydrogen-bond acceptors (Lipinski definition) is 2. The van der Waals surface area contributed by atoms with Crippen LogP contribution in [-0.4, -0.2) is 24.2 Å². The Hall–Kier alpha value is -1.46. The Morgan fingerprint density at radius 2 is 2.23 bits per heavy atom. The quantitative estimate of drug-likeness (QED) is 0.522. The minimum Gasteiger partial charge on any atom is -0.327 e. The van der Waals surface area contributed by atoms with E-state index in [0.29, 0.717) is 6.41 Å². The highest BCUT2D eigenvalue weighted by molar-refractivity contribution is 5.52. The first-order chi connectivity index (χ1) is 6.04. The number of nitrogens with one attached hydrogen (secondary N) is 1. The Kier molecular flexibility index (Phi) is 2.60. The third-order valence-electron chi connectivity index (χ3n) is 1.45. The van der Waals surface area contributed by atoms with Gasteiger partial charge in [0.15, 0.2) is 0 Å². The SMILES string of the molecule is O=CNC1=CN(C(F)(F)F)CC=C1. The highest BCUT2D eigenvalue weighted by Crippen LogP contribution is 2.23. The maximum absolute atomic E-state index is 12.1. The molecule has 0 aromatic carbocycles. The highest BCUT2D eigenvalue weighted by atomic mass is 19.4. The molecule has 1 aliphatic heterocycles. The van der Waals surface area contributed by atoms with Crippen LogP contribution in [0.2, 0.25) is 0 Å². The van der Waals surface area contributed by atoms with Crippen molar-refractivity contribution in [3.8, 4) is 0 Å². The van der Waals surface area contributed by atoms with Crippen molar-refractivity contribution in [2.24, 2.45) is 0 Å².